The molecule has 1 aliphatic heterocycles. The lowest BCUT2D eigenvalue weighted by Crippen LogP contribution is -2.60. The number of unbranched alkanes of at least 4 members (excludes halogenated alkanes) is 17. The largest absolute Gasteiger partial charge is 0.394 e. The lowest BCUT2D eigenvalue weighted by atomic mass is 9.98. The summed E-state index contributed by atoms with van der Waals surface area (Å²) in [5.41, 5.74) is 0. The van der Waals surface area contributed by atoms with Gasteiger partial charge in [0.2, 0.25) is 5.91 Å². The first-order chi connectivity index (χ1) is 26.2. The maximum absolute atomic E-state index is 13.0. The Labute approximate surface area is 326 Å². The SMILES string of the molecule is C/C=C/CC/C=C/CCCC(O)C(O)C(COC1OC(CO)C(O)C(O)C1O)NC(=O)C(O)CCCCCCCC/C=C\CCCCCCCCCCC. The van der Waals surface area contributed by atoms with E-state index in [1.165, 1.54) is 64.2 Å². The summed E-state index contributed by atoms with van der Waals surface area (Å²) in [7, 11) is 0. The molecule has 0 aliphatic carbocycles. The summed E-state index contributed by atoms with van der Waals surface area (Å²) >= 11 is 0. The Bertz CT molecular complexity index is 976. The van der Waals surface area contributed by atoms with Gasteiger partial charge in [0.15, 0.2) is 6.29 Å². The van der Waals surface area contributed by atoms with Crippen molar-refractivity contribution in [2.45, 2.75) is 217 Å². The summed E-state index contributed by atoms with van der Waals surface area (Å²) < 4.78 is 11.0. The van der Waals surface area contributed by atoms with E-state index in [9.17, 15) is 40.5 Å². The zero-order chi connectivity index (χ0) is 39.8. The Morgan fingerprint density at radius 3 is 1.76 bits per heavy atom. The fourth-order valence-electron chi connectivity index (χ4n) is 6.63. The van der Waals surface area contributed by atoms with Gasteiger partial charge in [0.1, 0.15) is 36.6 Å². The van der Waals surface area contributed by atoms with Crippen LogP contribution in [0.4, 0.5) is 0 Å². The van der Waals surface area contributed by atoms with Crippen LogP contribution in [0.3, 0.4) is 0 Å². The van der Waals surface area contributed by atoms with E-state index in [-0.39, 0.29) is 12.8 Å². The second kappa shape index (κ2) is 33.5. The van der Waals surface area contributed by atoms with Crippen molar-refractivity contribution in [1.29, 1.82) is 0 Å². The standard InChI is InChI=1S/C43H79NO10/c1-3-5-7-9-11-13-14-15-16-17-18-19-20-21-22-23-25-27-29-31-36(47)42(52)44-34(33-53-43-41(51)40(50)39(49)37(32-45)54-43)38(48)35(46)30-28-26-24-12-10-8-6-4-2/h4,6,12,18-19,24,34-41,43,45-51H,3,5,7-11,13-17,20-23,25-33H2,1-2H3,(H,44,52)/b6-4+,19-18-,24-12+. The van der Waals surface area contributed by atoms with Gasteiger partial charge < -0.3 is 50.5 Å². The van der Waals surface area contributed by atoms with Crippen LogP contribution >= 0.6 is 0 Å². The third kappa shape index (κ3) is 23.4. The Hall–Kier alpha value is -1.67. The predicted octanol–water partition coefficient (Wildman–Crippen LogP) is 6.05. The van der Waals surface area contributed by atoms with E-state index >= 15 is 0 Å². The van der Waals surface area contributed by atoms with Crippen LogP contribution in [0, 0.1) is 0 Å². The predicted molar refractivity (Wildman–Crippen MR) is 215 cm³/mol. The van der Waals surface area contributed by atoms with Crippen LogP contribution in [0.5, 0.6) is 0 Å². The quantitative estimate of drug-likeness (QED) is 0.0283. The van der Waals surface area contributed by atoms with Crippen molar-refractivity contribution in [1.82, 2.24) is 5.32 Å². The molecule has 1 amide bonds. The fourth-order valence-corrected chi connectivity index (χ4v) is 6.63. The highest BCUT2D eigenvalue weighted by molar-refractivity contribution is 5.80. The Balaban J connectivity index is 2.44. The molecule has 1 rings (SSSR count). The highest BCUT2D eigenvalue weighted by Gasteiger charge is 2.44. The molecule has 1 fully saturated rings. The number of amides is 1. The summed E-state index contributed by atoms with van der Waals surface area (Å²) in [6.07, 6.45) is 25.3. The molecule has 0 saturated carbocycles. The van der Waals surface area contributed by atoms with Crippen LogP contribution in [0.15, 0.2) is 36.5 Å². The zero-order valence-electron chi connectivity index (χ0n) is 33.7. The Morgan fingerprint density at radius 1 is 0.667 bits per heavy atom. The normalized spacial score (nSPS) is 23.0. The number of aliphatic hydroxyl groups excluding tert-OH is 7. The number of allylic oxidation sites excluding steroid dienone is 6. The lowest BCUT2D eigenvalue weighted by Gasteiger charge is -2.40. The molecule has 0 aromatic carbocycles. The average molecular weight is 770 g/mol. The molecule has 54 heavy (non-hydrogen) atoms. The second-order valence-corrected chi connectivity index (χ2v) is 15.1. The molecule has 11 nitrogen and oxygen atoms in total. The second-order valence-electron chi connectivity index (χ2n) is 15.1. The maximum atomic E-state index is 13.0. The van der Waals surface area contributed by atoms with Gasteiger partial charge in [0.25, 0.3) is 0 Å². The third-order valence-electron chi connectivity index (χ3n) is 10.2. The molecule has 1 aliphatic rings. The van der Waals surface area contributed by atoms with Crippen LogP contribution in [0.25, 0.3) is 0 Å². The van der Waals surface area contributed by atoms with Crippen molar-refractivity contribution in [2.75, 3.05) is 13.2 Å². The van der Waals surface area contributed by atoms with Crippen LogP contribution < -0.4 is 5.32 Å². The van der Waals surface area contributed by atoms with Gasteiger partial charge in [-0.2, -0.15) is 0 Å². The van der Waals surface area contributed by atoms with Gasteiger partial charge >= 0.3 is 0 Å². The van der Waals surface area contributed by atoms with Crippen LogP contribution in [-0.2, 0) is 14.3 Å². The molecule has 9 atom stereocenters. The van der Waals surface area contributed by atoms with Gasteiger partial charge in [0.05, 0.1) is 25.4 Å². The molecule has 1 heterocycles. The average Bonchev–Trinajstić information content (AvgIpc) is 3.17. The van der Waals surface area contributed by atoms with Crippen LogP contribution in [0.2, 0.25) is 0 Å². The van der Waals surface area contributed by atoms with Crippen molar-refractivity contribution in [3.05, 3.63) is 36.5 Å². The van der Waals surface area contributed by atoms with Crippen LogP contribution in [0.1, 0.15) is 162 Å². The molecule has 0 bridgehead atoms. The van der Waals surface area contributed by atoms with E-state index in [0.29, 0.717) is 19.3 Å². The maximum Gasteiger partial charge on any atom is 0.249 e. The molecule has 0 aromatic heterocycles. The number of hydrogen-bond donors (Lipinski definition) is 8. The first kappa shape index (κ1) is 50.3. The summed E-state index contributed by atoms with van der Waals surface area (Å²) in [5.74, 6) is -0.720. The number of nitrogens with one attached hydrogen (secondary N) is 1. The Morgan fingerprint density at radius 2 is 1.19 bits per heavy atom. The van der Waals surface area contributed by atoms with Crippen molar-refractivity contribution in [2.24, 2.45) is 0 Å². The van der Waals surface area contributed by atoms with Gasteiger partial charge in [0, 0.05) is 0 Å². The van der Waals surface area contributed by atoms with Gasteiger partial charge in [-0.1, -0.05) is 127 Å². The monoisotopic (exact) mass is 770 g/mol. The van der Waals surface area contributed by atoms with E-state index in [2.05, 4.69) is 36.5 Å². The van der Waals surface area contributed by atoms with E-state index in [0.717, 1.165) is 51.4 Å². The number of carbonyl (C=O) groups excluding carboxylic acids is 1. The summed E-state index contributed by atoms with van der Waals surface area (Å²) in [6, 6.07) is -1.19. The van der Waals surface area contributed by atoms with E-state index in [1.807, 2.05) is 19.1 Å². The molecule has 316 valence electrons. The molecule has 0 spiro atoms. The lowest BCUT2D eigenvalue weighted by molar-refractivity contribution is -0.303. The van der Waals surface area contributed by atoms with Crippen molar-refractivity contribution in [3.8, 4) is 0 Å². The number of ether oxygens (including phenoxy) is 2. The van der Waals surface area contributed by atoms with E-state index in [4.69, 9.17) is 9.47 Å². The summed E-state index contributed by atoms with van der Waals surface area (Å²) in [6.45, 7) is 3.15. The third-order valence-corrected chi connectivity index (χ3v) is 10.2. The summed E-state index contributed by atoms with van der Waals surface area (Å²) in [5, 5.41) is 75.1. The highest BCUT2D eigenvalue weighted by Crippen LogP contribution is 2.23. The van der Waals surface area contributed by atoms with Crippen molar-refractivity contribution in [3.63, 3.8) is 0 Å². The van der Waals surface area contributed by atoms with Crippen molar-refractivity contribution >= 4 is 5.91 Å². The first-order valence-corrected chi connectivity index (χ1v) is 21.4. The first-order valence-electron chi connectivity index (χ1n) is 21.4. The fraction of sp³-hybridized carbons (Fsp3) is 0.837. The van der Waals surface area contributed by atoms with Gasteiger partial charge in [-0.3, -0.25) is 4.79 Å². The molecule has 8 N–H and O–H groups in total. The molecule has 1 saturated heterocycles. The van der Waals surface area contributed by atoms with Crippen molar-refractivity contribution < 1.29 is 50.0 Å². The number of aliphatic hydroxyl groups is 7. The molecule has 9 unspecified atom stereocenters. The zero-order valence-corrected chi connectivity index (χ0v) is 33.7. The van der Waals surface area contributed by atoms with E-state index in [1.54, 1.807) is 0 Å². The smallest absolute Gasteiger partial charge is 0.249 e. The van der Waals surface area contributed by atoms with E-state index < -0.39 is 74.2 Å². The Kier molecular flexibility index (Phi) is 31.2. The molecule has 11 heteroatoms. The highest BCUT2D eigenvalue weighted by atomic mass is 16.7. The van der Waals surface area contributed by atoms with Gasteiger partial charge in [-0.25, -0.2) is 0 Å². The number of carbonyl (C=O) groups is 1. The minimum Gasteiger partial charge on any atom is -0.394 e. The topological polar surface area (TPSA) is 189 Å². The minimum absolute atomic E-state index is 0.241. The summed E-state index contributed by atoms with van der Waals surface area (Å²) in [4.78, 5) is 13.0. The molecule has 0 aromatic rings. The number of rotatable bonds is 34. The van der Waals surface area contributed by atoms with Gasteiger partial charge in [-0.05, 0) is 71.1 Å². The molecular formula is C43H79NO10. The minimum atomic E-state index is -1.67. The van der Waals surface area contributed by atoms with Crippen LogP contribution in [-0.4, -0.2) is 110 Å². The molecule has 0 radical (unpaired) electrons. The van der Waals surface area contributed by atoms with Gasteiger partial charge in [-0.15, -0.1) is 0 Å². The number of hydrogen-bond acceptors (Lipinski definition) is 10. The molecular weight excluding hydrogens is 690 g/mol.